The van der Waals surface area contributed by atoms with Gasteiger partial charge in [-0.3, -0.25) is 9.89 Å². The van der Waals surface area contributed by atoms with Crippen LogP contribution in [0.4, 0.5) is 0 Å². The van der Waals surface area contributed by atoms with Crippen molar-refractivity contribution in [2.75, 3.05) is 6.54 Å². The van der Waals surface area contributed by atoms with Crippen LogP contribution in [0, 0.1) is 5.92 Å². The Morgan fingerprint density at radius 3 is 3.00 bits per heavy atom. The van der Waals surface area contributed by atoms with E-state index in [9.17, 15) is 4.79 Å². The quantitative estimate of drug-likeness (QED) is 0.686. The summed E-state index contributed by atoms with van der Waals surface area (Å²) < 4.78 is 0. The average molecular weight is 238 g/mol. The molecule has 3 N–H and O–H groups in total. The van der Waals surface area contributed by atoms with Crippen LogP contribution in [0.3, 0.4) is 0 Å². The molecule has 6 heteroatoms. The van der Waals surface area contributed by atoms with Gasteiger partial charge in [0.05, 0.1) is 6.10 Å². The summed E-state index contributed by atoms with van der Waals surface area (Å²) in [5.74, 6) is 1.10. The second-order valence-electron chi connectivity index (χ2n) is 4.56. The molecule has 6 nitrogen and oxygen atoms in total. The van der Waals surface area contributed by atoms with Gasteiger partial charge in [0.1, 0.15) is 5.82 Å². The Balaban J connectivity index is 1.78. The lowest BCUT2D eigenvalue weighted by molar-refractivity contribution is 0.0419. The highest BCUT2D eigenvalue weighted by molar-refractivity contribution is 5.90. The van der Waals surface area contributed by atoms with Gasteiger partial charge in [-0.15, -0.1) is 5.10 Å². The van der Waals surface area contributed by atoms with Gasteiger partial charge in [-0.2, -0.15) is 0 Å². The van der Waals surface area contributed by atoms with Gasteiger partial charge in [0.2, 0.25) is 5.82 Å². The largest absolute Gasteiger partial charge is 0.393 e. The van der Waals surface area contributed by atoms with Crippen molar-refractivity contribution in [3.63, 3.8) is 0 Å². The molecule has 1 aliphatic rings. The van der Waals surface area contributed by atoms with E-state index in [4.69, 9.17) is 5.11 Å². The first kappa shape index (κ1) is 12.0. The first-order valence-electron chi connectivity index (χ1n) is 6.06. The van der Waals surface area contributed by atoms with E-state index in [1.807, 2.05) is 6.92 Å². The Morgan fingerprint density at radius 1 is 1.59 bits per heavy atom. The SMILES string of the molecule is CCCc1nc(C(=O)NCC2CC(O)C2)n[nH]1. The van der Waals surface area contributed by atoms with Crippen molar-refractivity contribution in [1.29, 1.82) is 0 Å². The standard InChI is InChI=1S/C11H18N4O2/c1-2-3-9-13-10(15-14-9)11(17)12-6-7-4-8(16)5-7/h7-8,16H,2-6H2,1H3,(H,12,17)(H,13,14,15). The number of carbonyl (C=O) groups is 1. The minimum absolute atomic E-state index is 0.184. The predicted molar refractivity (Wildman–Crippen MR) is 61.4 cm³/mol. The van der Waals surface area contributed by atoms with Crippen LogP contribution in [-0.2, 0) is 6.42 Å². The van der Waals surface area contributed by atoms with Crippen LogP contribution in [-0.4, -0.2) is 38.8 Å². The van der Waals surface area contributed by atoms with Gasteiger partial charge in [0, 0.05) is 13.0 Å². The number of aromatic nitrogens is 3. The van der Waals surface area contributed by atoms with Crippen molar-refractivity contribution >= 4 is 5.91 Å². The van der Waals surface area contributed by atoms with Crippen molar-refractivity contribution in [3.8, 4) is 0 Å². The molecule has 1 saturated carbocycles. The van der Waals surface area contributed by atoms with Crippen LogP contribution in [0.1, 0.15) is 42.6 Å². The normalized spacial score (nSPS) is 23.2. The predicted octanol–water partition coefficient (Wildman–Crippen LogP) is 0.258. The third-order valence-electron chi connectivity index (χ3n) is 2.98. The number of aliphatic hydroxyl groups is 1. The van der Waals surface area contributed by atoms with Gasteiger partial charge in [-0.25, -0.2) is 4.98 Å². The number of rotatable bonds is 5. The van der Waals surface area contributed by atoms with E-state index in [0.29, 0.717) is 12.5 Å². The van der Waals surface area contributed by atoms with Gasteiger partial charge < -0.3 is 10.4 Å². The monoisotopic (exact) mass is 238 g/mol. The molecule has 1 aromatic rings. The fourth-order valence-corrected chi connectivity index (χ4v) is 1.93. The lowest BCUT2D eigenvalue weighted by atomic mass is 9.82. The minimum Gasteiger partial charge on any atom is -0.393 e. The lowest BCUT2D eigenvalue weighted by Crippen LogP contribution is -2.38. The maximum absolute atomic E-state index is 11.7. The van der Waals surface area contributed by atoms with E-state index >= 15 is 0 Å². The van der Waals surface area contributed by atoms with Gasteiger partial charge in [0.15, 0.2) is 0 Å². The number of H-pyrrole nitrogens is 1. The molecule has 0 aromatic carbocycles. The number of hydrogen-bond donors (Lipinski definition) is 3. The topological polar surface area (TPSA) is 90.9 Å². The van der Waals surface area contributed by atoms with Crippen LogP contribution in [0.5, 0.6) is 0 Å². The molecular formula is C11H18N4O2. The first-order chi connectivity index (χ1) is 8.19. The molecule has 0 atom stereocenters. The molecule has 0 unspecified atom stereocenters. The molecule has 1 aliphatic carbocycles. The molecular weight excluding hydrogens is 220 g/mol. The number of nitrogens with zero attached hydrogens (tertiary/aromatic N) is 2. The van der Waals surface area contributed by atoms with Crippen molar-refractivity contribution in [1.82, 2.24) is 20.5 Å². The molecule has 0 aliphatic heterocycles. The summed E-state index contributed by atoms with van der Waals surface area (Å²) in [7, 11) is 0. The molecule has 1 aromatic heterocycles. The fourth-order valence-electron chi connectivity index (χ4n) is 1.93. The molecule has 1 heterocycles. The zero-order valence-corrected chi connectivity index (χ0v) is 9.94. The highest BCUT2D eigenvalue weighted by Crippen LogP contribution is 2.26. The van der Waals surface area contributed by atoms with Crippen LogP contribution in [0.2, 0.25) is 0 Å². The third kappa shape index (κ3) is 3.03. The van der Waals surface area contributed by atoms with E-state index in [1.165, 1.54) is 0 Å². The fraction of sp³-hybridized carbons (Fsp3) is 0.727. The van der Waals surface area contributed by atoms with Crippen molar-refractivity contribution in [2.45, 2.75) is 38.7 Å². The summed E-state index contributed by atoms with van der Waals surface area (Å²) in [5.41, 5.74) is 0. The smallest absolute Gasteiger partial charge is 0.290 e. The average Bonchev–Trinajstić information content (AvgIpc) is 2.71. The van der Waals surface area contributed by atoms with Gasteiger partial charge in [0.25, 0.3) is 5.91 Å². The van der Waals surface area contributed by atoms with Gasteiger partial charge in [-0.1, -0.05) is 6.92 Å². The molecule has 2 rings (SSSR count). The Labute approximate surface area is 99.8 Å². The zero-order chi connectivity index (χ0) is 12.3. The van der Waals surface area contributed by atoms with Crippen molar-refractivity contribution in [3.05, 3.63) is 11.6 Å². The highest BCUT2D eigenvalue weighted by atomic mass is 16.3. The Bertz CT molecular complexity index is 385. The third-order valence-corrected chi connectivity index (χ3v) is 2.98. The number of aryl methyl sites for hydroxylation is 1. The molecule has 94 valence electrons. The van der Waals surface area contributed by atoms with Crippen molar-refractivity contribution in [2.24, 2.45) is 5.92 Å². The second-order valence-corrected chi connectivity index (χ2v) is 4.56. The maximum atomic E-state index is 11.7. The molecule has 0 saturated heterocycles. The van der Waals surface area contributed by atoms with Crippen LogP contribution >= 0.6 is 0 Å². The number of nitrogens with one attached hydrogen (secondary N) is 2. The van der Waals surface area contributed by atoms with E-state index in [1.54, 1.807) is 0 Å². The number of aromatic amines is 1. The number of hydrogen-bond acceptors (Lipinski definition) is 4. The first-order valence-corrected chi connectivity index (χ1v) is 6.06. The Kier molecular flexibility index (Phi) is 3.73. The summed E-state index contributed by atoms with van der Waals surface area (Å²) in [4.78, 5) is 15.8. The van der Waals surface area contributed by atoms with Gasteiger partial charge >= 0.3 is 0 Å². The van der Waals surface area contributed by atoms with Crippen LogP contribution in [0.15, 0.2) is 0 Å². The number of amides is 1. The summed E-state index contributed by atoms with van der Waals surface area (Å²) in [6, 6.07) is 0. The highest BCUT2D eigenvalue weighted by Gasteiger charge is 2.27. The Morgan fingerprint density at radius 2 is 2.35 bits per heavy atom. The number of carbonyl (C=O) groups excluding carboxylic acids is 1. The van der Waals surface area contributed by atoms with Crippen molar-refractivity contribution < 1.29 is 9.90 Å². The summed E-state index contributed by atoms with van der Waals surface area (Å²) in [6.45, 7) is 2.64. The van der Waals surface area contributed by atoms with E-state index in [0.717, 1.165) is 31.5 Å². The summed E-state index contributed by atoms with van der Waals surface area (Å²) in [5, 5.41) is 18.5. The van der Waals surface area contributed by atoms with Crippen LogP contribution in [0.25, 0.3) is 0 Å². The zero-order valence-electron chi connectivity index (χ0n) is 9.94. The van der Waals surface area contributed by atoms with Gasteiger partial charge in [-0.05, 0) is 25.2 Å². The van der Waals surface area contributed by atoms with E-state index < -0.39 is 0 Å². The lowest BCUT2D eigenvalue weighted by Gasteiger charge is -2.31. The van der Waals surface area contributed by atoms with Crippen LogP contribution < -0.4 is 5.32 Å². The van der Waals surface area contributed by atoms with E-state index in [2.05, 4.69) is 20.5 Å². The maximum Gasteiger partial charge on any atom is 0.290 e. The molecule has 0 spiro atoms. The molecule has 17 heavy (non-hydrogen) atoms. The summed E-state index contributed by atoms with van der Waals surface area (Å²) in [6.07, 6.45) is 3.13. The second kappa shape index (κ2) is 5.27. The number of aliphatic hydroxyl groups excluding tert-OH is 1. The molecule has 0 bridgehead atoms. The molecule has 0 radical (unpaired) electrons. The van der Waals surface area contributed by atoms with E-state index in [-0.39, 0.29) is 17.8 Å². The molecule has 1 amide bonds. The molecule has 1 fully saturated rings. The minimum atomic E-state index is -0.245. The summed E-state index contributed by atoms with van der Waals surface area (Å²) >= 11 is 0. The Hall–Kier alpha value is -1.43.